The Bertz CT molecular complexity index is 1010. The summed E-state index contributed by atoms with van der Waals surface area (Å²) < 4.78 is 5.73. The van der Waals surface area contributed by atoms with Gasteiger partial charge in [-0.05, 0) is 50.3 Å². The quantitative estimate of drug-likeness (QED) is 0.655. The monoisotopic (exact) mass is 366 g/mol. The fourth-order valence-electron chi connectivity index (χ4n) is 3.16. The second-order valence-electron chi connectivity index (χ2n) is 7.85. The van der Waals surface area contributed by atoms with Crippen molar-refractivity contribution in [1.82, 2.24) is 9.97 Å². The van der Waals surface area contributed by atoms with Gasteiger partial charge in [0, 0.05) is 12.7 Å². The topological polar surface area (TPSA) is 80.1 Å². The van der Waals surface area contributed by atoms with E-state index in [1.54, 1.807) is 6.92 Å². The van der Waals surface area contributed by atoms with Crippen LogP contribution in [-0.2, 0) is 0 Å². The Morgan fingerprint density at radius 3 is 2.56 bits per heavy atom. The Labute approximate surface area is 159 Å². The molecule has 1 fully saturated rings. The van der Waals surface area contributed by atoms with Crippen molar-refractivity contribution < 1.29 is 10.6 Å². The van der Waals surface area contributed by atoms with Crippen molar-refractivity contribution in [2.24, 2.45) is 0 Å². The number of aryl methyl sites for hydroxylation is 1. The second kappa shape index (κ2) is 6.37. The molecule has 1 aliphatic carbocycles. The molecule has 0 bridgehead atoms. The predicted molar refractivity (Wildman–Crippen MR) is 108 cm³/mol. The number of hydrogen-bond donors (Lipinski definition) is 2. The Hall–Kier alpha value is -2.89. The van der Waals surface area contributed by atoms with Gasteiger partial charge in [0.05, 0.1) is 10.9 Å². The lowest BCUT2D eigenvalue weighted by atomic mass is 10.0. The molecule has 4 rings (SSSR count). The summed E-state index contributed by atoms with van der Waals surface area (Å²) in [5.74, 6) is 1.41. The molecule has 1 aromatic carbocycles. The van der Waals surface area contributed by atoms with Crippen molar-refractivity contribution in [3.8, 4) is 0 Å². The van der Waals surface area contributed by atoms with E-state index in [2.05, 4.69) is 41.4 Å². The third kappa shape index (κ3) is 3.39. The van der Waals surface area contributed by atoms with E-state index >= 15 is 0 Å². The van der Waals surface area contributed by atoms with E-state index < -0.39 is 0 Å². The molecule has 0 spiro atoms. The van der Waals surface area contributed by atoms with E-state index in [9.17, 15) is 4.79 Å². The Balaban J connectivity index is 0.00000225. The van der Waals surface area contributed by atoms with Crippen LogP contribution in [0.2, 0.25) is 0 Å². The van der Waals surface area contributed by atoms with E-state index in [0.29, 0.717) is 34.2 Å². The minimum absolute atomic E-state index is 0. The lowest BCUT2D eigenvalue weighted by Gasteiger charge is -2.13. The van der Waals surface area contributed by atoms with Crippen LogP contribution in [0.1, 0.15) is 62.6 Å². The molecule has 0 radical (unpaired) electrons. The van der Waals surface area contributed by atoms with E-state index in [1.165, 1.54) is 11.9 Å². The van der Waals surface area contributed by atoms with E-state index in [0.717, 1.165) is 18.5 Å². The van der Waals surface area contributed by atoms with Crippen LogP contribution in [0.5, 0.6) is 0 Å². The van der Waals surface area contributed by atoms with Gasteiger partial charge in [0.2, 0.25) is 5.71 Å². The van der Waals surface area contributed by atoms with Gasteiger partial charge in [-0.2, -0.15) is 0 Å². The Morgan fingerprint density at radius 1 is 1.22 bits per heavy atom. The first-order valence-electron chi connectivity index (χ1n) is 9.30. The largest absolute Gasteiger partial charge is 0.442 e. The van der Waals surface area contributed by atoms with Crippen molar-refractivity contribution in [1.29, 1.82) is 0 Å². The normalized spacial score (nSPS) is 15.1. The van der Waals surface area contributed by atoms with Crippen molar-refractivity contribution >= 4 is 28.5 Å². The summed E-state index contributed by atoms with van der Waals surface area (Å²) in [6, 6.07) is 7.91. The number of nitrogens with zero attached hydrogens (tertiary/aromatic N) is 2. The summed E-state index contributed by atoms with van der Waals surface area (Å²) in [6.45, 7) is 8.21. The number of carbonyl (C=O) groups is 1. The number of amides is 1. The zero-order valence-corrected chi connectivity index (χ0v) is 16.1. The van der Waals surface area contributed by atoms with E-state index in [-0.39, 0.29) is 12.9 Å². The van der Waals surface area contributed by atoms with Crippen LogP contribution in [0.15, 0.2) is 35.0 Å². The third-order valence-electron chi connectivity index (χ3n) is 5.15. The molecule has 2 heterocycles. The van der Waals surface area contributed by atoms with Gasteiger partial charge in [-0.15, -0.1) is 0 Å². The molecule has 0 unspecified atom stereocenters. The maximum absolute atomic E-state index is 13.0. The zero-order chi connectivity index (χ0) is 19.2. The summed E-state index contributed by atoms with van der Waals surface area (Å²) in [5, 5.41) is 7.04. The van der Waals surface area contributed by atoms with Crippen LogP contribution in [0.4, 0.5) is 11.5 Å². The molecule has 2 aromatic heterocycles. The molecular formula is C21H26N4O2. The molecular weight excluding hydrogens is 340 g/mol. The number of furan rings is 1. The number of carbonyl (C=O) groups excluding carboxylic acids is 1. The number of anilines is 2. The lowest BCUT2D eigenvalue weighted by molar-refractivity contribution is 0.102. The standard InChI is InChI=1S/C21H24N4O2.H2/c1-12(2)14-5-7-15(8-6-14)24-19(26)16-13(3)27-20-17(16)18(22-11-23-20)25-21(4)9-10-21;/h5-8,11-12H,9-10H2,1-4H3,(H,24,26)(H,22,23,25);1H. The molecule has 6 nitrogen and oxygen atoms in total. The predicted octanol–water partition coefficient (Wildman–Crippen LogP) is 5.12. The first-order valence-corrected chi connectivity index (χ1v) is 9.30. The zero-order valence-electron chi connectivity index (χ0n) is 16.1. The minimum Gasteiger partial charge on any atom is -0.442 e. The summed E-state index contributed by atoms with van der Waals surface area (Å²) in [5.41, 5.74) is 2.92. The fourth-order valence-corrected chi connectivity index (χ4v) is 3.16. The maximum atomic E-state index is 13.0. The molecule has 1 amide bonds. The van der Waals surface area contributed by atoms with Crippen molar-refractivity contribution in [2.45, 2.75) is 52.0 Å². The fraction of sp³-hybridized carbons (Fsp3) is 0.381. The van der Waals surface area contributed by atoms with Crippen LogP contribution in [-0.4, -0.2) is 21.4 Å². The van der Waals surface area contributed by atoms with Crippen molar-refractivity contribution in [2.75, 3.05) is 10.6 Å². The van der Waals surface area contributed by atoms with Gasteiger partial charge in [0.25, 0.3) is 5.91 Å². The smallest absolute Gasteiger partial charge is 0.260 e. The van der Waals surface area contributed by atoms with Gasteiger partial charge < -0.3 is 15.1 Å². The number of hydrogen-bond acceptors (Lipinski definition) is 5. The highest BCUT2D eigenvalue weighted by Gasteiger charge is 2.38. The molecule has 2 N–H and O–H groups in total. The molecule has 6 heteroatoms. The second-order valence-corrected chi connectivity index (χ2v) is 7.85. The summed E-state index contributed by atoms with van der Waals surface area (Å²) in [4.78, 5) is 21.6. The Kier molecular flexibility index (Phi) is 4.13. The highest BCUT2D eigenvalue weighted by molar-refractivity contribution is 6.15. The summed E-state index contributed by atoms with van der Waals surface area (Å²) in [6.07, 6.45) is 3.63. The van der Waals surface area contributed by atoms with Crippen LogP contribution in [0.3, 0.4) is 0 Å². The summed E-state index contributed by atoms with van der Waals surface area (Å²) in [7, 11) is 0. The van der Waals surface area contributed by atoms with Crippen LogP contribution in [0, 0.1) is 6.92 Å². The SMILES string of the molecule is Cc1oc2ncnc(NC3(C)CC3)c2c1C(=O)Nc1ccc(C(C)C)cc1.[HH]. The average Bonchev–Trinajstić information content (AvgIpc) is 3.23. The van der Waals surface area contributed by atoms with Gasteiger partial charge in [-0.3, -0.25) is 4.79 Å². The number of benzene rings is 1. The molecule has 1 aliphatic rings. The number of rotatable bonds is 5. The van der Waals surface area contributed by atoms with E-state index in [1.807, 2.05) is 24.3 Å². The van der Waals surface area contributed by atoms with Gasteiger partial charge in [-0.1, -0.05) is 26.0 Å². The number of nitrogens with one attached hydrogen (secondary N) is 2. The van der Waals surface area contributed by atoms with Gasteiger partial charge in [-0.25, -0.2) is 9.97 Å². The molecule has 142 valence electrons. The van der Waals surface area contributed by atoms with Crippen LogP contribution >= 0.6 is 0 Å². The van der Waals surface area contributed by atoms with Crippen molar-refractivity contribution in [3.05, 3.63) is 47.5 Å². The highest BCUT2D eigenvalue weighted by Crippen LogP contribution is 2.40. The van der Waals surface area contributed by atoms with Crippen LogP contribution < -0.4 is 10.6 Å². The molecule has 0 saturated heterocycles. The molecule has 3 aromatic rings. The van der Waals surface area contributed by atoms with Gasteiger partial charge >= 0.3 is 0 Å². The number of aromatic nitrogens is 2. The van der Waals surface area contributed by atoms with Crippen molar-refractivity contribution in [3.63, 3.8) is 0 Å². The maximum Gasteiger partial charge on any atom is 0.260 e. The molecule has 0 aliphatic heterocycles. The molecule has 1 saturated carbocycles. The molecule has 0 atom stereocenters. The van der Waals surface area contributed by atoms with E-state index in [4.69, 9.17) is 4.42 Å². The summed E-state index contributed by atoms with van der Waals surface area (Å²) >= 11 is 0. The molecule has 27 heavy (non-hydrogen) atoms. The highest BCUT2D eigenvalue weighted by atomic mass is 16.3. The first kappa shape index (κ1) is 17.5. The third-order valence-corrected chi connectivity index (χ3v) is 5.15. The van der Waals surface area contributed by atoms with Crippen LogP contribution in [0.25, 0.3) is 11.1 Å². The number of fused-ring (bicyclic) bond motifs is 1. The van der Waals surface area contributed by atoms with Gasteiger partial charge in [0.15, 0.2) is 0 Å². The lowest BCUT2D eigenvalue weighted by Crippen LogP contribution is -2.18. The Morgan fingerprint density at radius 2 is 1.93 bits per heavy atom. The van der Waals surface area contributed by atoms with Gasteiger partial charge in [0.1, 0.15) is 17.9 Å². The first-order chi connectivity index (χ1) is 12.9. The minimum atomic E-state index is -0.220. The average molecular weight is 366 g/mol.